The number of rotatable bonds is 5. The second-order valence-electron chi connectivity index (χ2n) is 4.91. The molecule has 0 aromatic heterocycles. The molecule has 0 unspecified atom stereocenters. The summed E-state index contributed by atoms with van der Waals surface area (Å²) in [6.07, 6.45) is 3.25. The van der Waals surface area contributed by atoms with Gasteiger partial charge in [-0.15, -0.1) is 0 Å². The standard InChI is InChI=1S/C18H18ClNO2/c1-13-3-4-14(11-17(13)19)7-10-18(21)20-12-15-5-8-16(22-2)9-6-15/h3-11H,12H2,1-2H3,(H,20,21)/b10-7+. The number of benzene rings is 2. The second kappa shape index (κ2) is 7.66. The van der Waals surface area contributed by atoms with E-state index in [0.717, 1.165) is 22.4 Å². The van der Waals surface area contributed by atoms with Crippen molar-refractivity contribution in [2.24, 2.45) is 0 Å². The number of carbonyl (C=O) groups is 1. The fraction of sp³-hybridized carbons (Fsp3) is 0.167. The fourth-order valence-electron chi connectivity index (χ4n) is 1.88. The minimum atomic E-state index is -0.146. The van der Waals surface area contributed by atoms with Crippen LogP contribution in [-0.4, -0.2) is 13.0 Å². The van der Waals surface area contributed by atoms with E-state index in [-0.39, 0.29) is 5.91 Å². The minimum Gasteiger partial charge on any atom is -0.497 e. The third kappa shape index (κ3) is 4.64. The summed E-state index contributed by atoms with van der Waals surface area (Å²) in [5.41, 5.74) is 2.93. The number of nitrogens with one attached hydrogen (secondary N) is 1. The van der Waals surface area contributed by atoms with Crippen molar-refractivity contribution >= 4 is 23.6 Å². The zero-order valence-electron chi connectivity index (χ0n) is 12.6. The predicted octanol–water partition coefficient (Wildman–Crippen LogP) is 3.99. The Morgan fingerprint density at radius 3 is 2.59 bits per heavy atom. The molecule has 1 N–H and O–H groups in total. The molecule has 0 atom stereocenters. The highest BCUT2D eigenvalue weighted by Gasteiger charge is 1.99. The normalized spacial score (nSPS) is 10.7. The van der Waals surface area contributed by atoms with E-state index in [1.807, 2.05) is 49.4 Å². The maximum Gasteiger partial charge on any atom is 0.244 e. The SMILES string of the molecule is COc1ccc(CNC(=O)/C=C/c2ccc(C)c(Cl)c2)cc1. The zero-order valence-corrected chi connectivity index (χ0v) is 13.4. The Hall–Kier alpha value is -2.26. The summed E-state index contributed by atoms with van der Waals surface area (Å²) in [5, 5.41) is 3.53. The van der Waals surface area contributed by atoms with Crippen molar-refractivity contribution in [1.82, 2.24) is 5.32 Å². The van der Waals surface area contributed by atoms with Gasteiger partial charge in [0.15, 0.2) is 0 Å². The van der Waals surface area contributed by atoms with E-state index in [4.69, 9.17) is 16.3 Å². The zero-order chi connectivity index (χ0) is 15.9. The van der Waals surface area contributed by atoms with Gasteiger partial charge in [0.2, 0.25) is 5.91 Å². The van der Waals surface area contributed by atoms with Crippen molar-refractivity contribution in [2.45, 2.75) is 13.5 Å². The summed E-state index contributed by atoms with van der Waals surface area (Å²) < 4.78 is 5.09. The van der Waals surface area contributed by atoms with Crippen LogP contribution in [0.15, 0.2) is 48.5 Å². The van der Waals surface area contributed by atoms with Gasteiger partial charge in [0, 0.05) is 17.6 Å². The summed E-state index contributed by atoms with van der Waals surface area (Å²) in [6, 6.07) is 13.3. The Labute approximate surface area is 135 Å². The number of ether oxygens (including phenoxy) is 1. The molecule has 4 heteroatoms. The van der Waals surface area contributed by atoms with Gasteiger partial charge < -0.3 is 10.1 Å². The third-order valence-electron chi connectivity index (χ3n) is 3.25. The van der Waals surface area contributed by atoms with Gasteiger partial charge in [-0.2, -0.15) is 0 Å². The summed E-state index contributed by atoms with van der Waals surface area (Å²) in [4.78, 5) is 11.8. The molecule has 0 heterocycles. The molecule has 2 aromatic rings. The molecule has 0 aliphatic rings. The summed E-state index contributed by atoms with van der Waals surface area (Å²) >= 11 is 6.05. The van der Waals surface area contributed by atoms with E-state index in [1.165, 1.54) is 6.08 Å². The monoisotopic (exact) mass is 315 g/mol. The van der Waals surface area contributed by atoms with Crippen LogP contribution in [-0.2, 0) is 11.3 Å². The maximum absolute atomic E-state index is 11.8. The molecule has 22 heavy (non-hydrogen) atoms. The van der Waals surface area contributed by atoms with Gasteiger partial charge >= 0.3 is 0 Å². The summed E-state index contributed by atoms with van der Waals surface area (Å²) in [5.74, 6) is 0.652. The maximum atomic E-state index is 11.8. The van der Waals surface area contributed by atoms with E-state index in [9.17, 15) is 4.79 Å². The Balaban J connectivity index is 1.89. The van der Waals surface area contributed by atoms with Crippen LogP contribution in [0.3, 0.4) is 0 Å². The molecule has 0 bridgehead atoms. The molecule has 2 rings (SSSR count). The first-order valence-corrected chi connectivity index (χ1v) is 7.31. The fourth-order valence-corrected chi connectivity index (χ4v) is 2.07. The number of halogens is 1. The summed E-state index contributed by atoms with van der Waals surface area (Å²) in [7, 11) is 1.62. The molecular formula is C18H18ClNO2. The van der Waals surface area contributed by atoms with Gasteiger partial charge in [-0.25, -0.2) is 0 Å². The lowest BCUT2D eigenvalue weighted by molar-refractivity contribution is -0.116. The molecule has 0 saturated heterocycles. The van der Waals surface area contributed by atoms with Crippen LogP contribution in [0.5, 0.6) is 5.75 Å². The van der Waals surface area contributed by atoms with Crippen molar-refractivity contribution in [3.05, 3.63) is 70.3 Å². The van der Waals surface area contributed by atoms with Gasteiger partial charge in [0.05, 0.1) is 7.11 Å². The van der Waals surface area contributed by atoms with Crippen LogP contribution in [0.4, 0.5) is 0 Å². The van der Waals surface area contributed by atoms with Crippen LogP contribution < -0.4 is 10.1 Å². The third-order valence-corrected chi connectivity index (χ3v) is 3.66. The number of carbonyl (C=O) groups excluding carboxylic acids is 1. The topological polar surface area (TPSA) is 38.3 Å². The van der Waals surface area contributed by atoms with Crippen LogP contribution in [0, 0.1) is 6.92 Å². The van der Waals surface area contributed by atoms with Crippen molar-refractivity contribution in [3.63, 3.8) is 0 Å². The highest BCUT2D eigenvalue weighted by molar-refractivity contribution is 6.31. The average molecular weight is 316 g/mol. The smallest absolute Gasteiger partial charge is 0.244 e. The Morgan fingerprint density at radius 1 is 1.23 bits per heavy atom. The molecule has 0 saturated carbocycles. The second-order valence-corrected chi connectivity index (χ2v) is 5.32. The quantitative estimate of drug-likeness (QED) is 0.847. The molecule has 0 aliphatic carbocycles. The minimum absolute atomic E-state index is 0.146. The number of methoxy groups -OCH3 is 1. The number of hydrogen-bond acceptors (Lipinski definition) is 2. The lowest BCUT2D eigenvalue weighted by atomic mass is 10.1. The predicted molar refractivity (Wildman–Crippen MR) is 90.1 cm³/mol. The molecule has 1 amide bonds. The number of amides is 1. The van der Waals surface area contributed by atoms with Gasteiger partial charge in [-0.3, -0.25) is 4.79 Å². The first-order chi connectivity index (χ1) is 10.6. The van der Waals surface area contributed by atoms with E-state index in [0.29, 0.717) is 11.6 Å². The molecule has 3 nitrogen and oxygen atoms in total. The lowest BCUT2D eigenvalue weighted by Gasteiger charge is -2.04. The van der Waals surface area contributed by atoms with E-state index >= 15 is 0 Å². The molecule has 2 aromatic carbocycles. The molecule has 0 radical (unpaired) electrons. The first kappa shape index (κ1) is 16.1. The molecule has 114 valence electrons. The van der Waals surface area contributed by atoms with Crippen molar-refractivity contribution in [3.8, 4) is 5.75 Å². The van der Waals surface area contributed by atoms with Gasteiger partial charge in [0.25, 0.3) is 0 Å². The van der Waals surface area contributed by atoms with E-state index in [2.05, 4.69) is 5.32 Å². The summed E-state index contributed by atoms with van der Waals surface area (Å²) in [6.45, 7) is 2.42. The average Bonchev–Trinajstić information content (AvgIpc) is 2.54. The first-order valence-electron chi connectivity index (χ1n) is 6.93. The van der Waals surface area contributed by atoms with Gasteiger partial charge in [-0.1, -0.05) is 35.9 Å². The lowest BCUT2D eigenvalue weighted by Crippen LogP contribution is -2.20. The van der Waals surface area contributed by atoms with Crippen molar-refractivity contribution in [2.75, 3.05) is 7.11 Å². The van der Waals surface area contributed by atoms with Crippen molar-refractivity contribution in [1.29, 1.82) is 0 Å². The molecule has 0 spiro atoms. The van der Waals surface area contributed by atoms with E-state index in [1.54, 1.807) is 13.2 Å². The van der Waals surface area contributed by atoms with E-state index < -0.39 is 0 Å². The van der Waals surface area contributed by atoms with Crippen LogP contribution >= 0.6 is 11.6 Å². The van der Waals surface area contributed by atoms with Crippen LogP contribution in [0.25, 0.3) is 6.08 Å². The Morgan fingerprint density at radius 2 is 1.95 bits per heavy atom. The Kier molecular flexibility index (Phi) is 5.61. The van der Waals surface area contributed by atoms with Crippen LogP contribution in [0.1, 0.15) is 16.7 Å². The number of aryl methyl sites for hydroxylation is 1. The molecule has 0 aliphatic heterocycles. The molecule has 0 fully saturated rings. The largest absolute Gasteiger partial charge is 0.497 e. The van der Waals surface area contributed by atoms with Crippen LogP contribution in [0.2, 0.25) is 5.02 Å². The Bertz CT molecular complexity index is 678. The highest BCUT2D eigenvalue weighted by atomic mass is 35.5. The highest BCUT2D eigenvalue weighted by Crippen LogP contribution is 2.17. The molecular weight excluding hydrogens is 298 g/mol. The van der Waals surface area contributed by atoms with Crippen molar-refractivity contribution < 1.29 is 9.53 Å². The van der Waals surface area contributed by atoms with Gasteiger partial charge in [-0.05, 0) is 47.9 Å². The number of hydrogen-bond donors (Lipinski definition) is 1. The van der Waals surface area contributed by atoms with Gasteiger partial charge in [0.1, 0.15) is 5.75 Å².